The number of nitrogens with two attached hydrogens (primary N) is 2. The van der Waals surface area contributed by atoms with Crippen molar-refractivity contribution in [1.82, 2.24) is 14.6 Å². The van der Waals surface area contributed by atoms with Crippen molar-refractivity contribution < 1.29 is 14.7 Å². The summed E-state index contributed by atoms with van der Waals surface area (Å²) < 4.78 is 0.854. The minimum Gasteiger partial charge on any atom is -0.477 e. The molecule has 2 atom stereocenters. The van der Waals surface area contributed by atoms with Gasteiger partial charge in [-0.3, -0.25) is 9.69 Å². The van der Waals surface area contributed by atoms with Gasteiger partial charge in [0.2, 0.25) is 5.91 Å². The van der Waals surface area contributed by atoms with Gasteiger partial charge in [0.15, 0.2) is 0 Å². The van der Waals surface area contributed by atoms with Gasteiger partial charge in [-0.2, -0.15) is 4.98 Å². The van der Waals surface area contributed by atoms with E-state index in [-0.39, 0.29) is 17.0 Å². The third-order valence-corrected chi connectivity index (χ3v) is 5.87. The number of rotatable bonds is 4. The molecule has 1 aromatic heterocycles. The number of carbonyl (C=O) groups is 2. The largest absolute Gasteiger partial charge is 0.477 e. The van der Waals surface area contributed by atoms with Crippen molar-refractivity contribution in [2.45, 2.75) is 16.4 Å². The van der Waals surface area contributed by atoms with Crippen molar-refractivity contribution in [1.29, 1.82) is 0 Å². The number of carboxylic acid groups (broad SMARTS) is 1. The lowest BCUT2D eigenvalue weighted by Gasteiger charge is -2.48. The standard InChI is InChI=1S/C12H13N5O4S2/c13-7-9(18)17-8(11(19)20)5(4-23-10(7)17)3-22-6-1-2-16(14)12(21)15-6/h1-2,7,10H,3-4,13-14H2,(H,19,20)/t7?,10-/m1/s1. The molecule has 1 saturated heterocycles. The molecule has 0 bridgehead atoms. The Bertz CT molecular complexity index is 777. The molecule has 3 rings (SSSR count). The lowest BCUT2D eigenvalue weighted by atomic mass is 10.0. The number of carbonyl (C=O) groups excluding carboxylic acids is 1. The second kappa shape index (κ2) is 5.91. The number of nitrogen functional groups attached to an aromatic ring is 1. The molecule has 11 heteroatoms. The summed E-state index contributed by atoms with van der Waals surface area (Å²) >= 11 is 2.65. The number of β-lactam (4-membered cyclic amide) rings is 1. The maximum absolute atomic E-state index is 11.8. The molecular weight excluding hydrogens is 342 g/mol. The van der Waals surface area contributed by atoms with E-state index < -0.39 is 17.7 Å². The van der Waals surface area contributed by atoms with Crippen LogP contribution in [0.1, 0.15) is 0 Å². The maximum atomic E-state index is 11.8. The van der Waals surface area contributed by atoms with Gasteiger partial charge < -0.3 is 16.7 Å². The predicted octanol–water partition coefficient (Wildman–Crippen LogP) is -1.37. The number of hydrogen-bond acceptors (Lipinski definition) is 8. The van der Waals surface area contributed by atoms with Gasteiger partial charge in [0.05, 0.1) is 0 Å². The van der Waals surface area contributed by atoms with Crippen LogP contribution >= 0.6 is 23.5 Å². The Morgan fingerprint density at radius 1 is 1.52 bits per heavy atom. The molecule has 0 spiro atoms. The molecule has 0 aliphatic carbocycles. The van der Waals surface area contributed by atoms with Crippen LogP contribution in [-0.2, 0) is 9.59 Å². The fraction of sp³-hybridized carbons (Fsp3) is 0.333. The maximum Gasteiger partial charge on any atom is 0.366 e. The normalized spacial score (nSPS) is 23.5. The van der Waals surface area contributed by atoms with E-state index in [1.165, 1.54) is 34.6 Å². The molecule has 1 fully saturated rings. The minimum atomic E-state index is -1.16. The number of aromatic nitrogens is 2. The molecular formula is C12H13N5O4S2. The van der Waals surface area contributed by atoms with Crippen LogP contribution in [0.2, 0.25) is 0 Å². The van der Waals surface area contributed by atoms with Crippen molar-refractivity contribution >= 4 is 35.4 Å². The van der Waals surface area contributed by atoms with E-state index in [2.05, 4.69) is 4.98 Å². The van der Waals surface area contributed by atoms with E-state index in [4.69, 9.17) is 11.6 Å². The van der Waals surface area contributed by atoms with Crippen LogP contribution in [0.15, 0.2) is 33.4 Å². The summed E-state index contributed by atoms with van der Waals surface area (Å²) in [4.78, 5) is 39.7. The molecule has 5 N–H and O–H groups in total. The predicted molar refractivity (Wildman–Crippen MR) is 85.1 cm³/mol. The first-order chi connectivity index (χ1) is 10.9. The number of aliphatic carboxylic acids is 1. The average Bonchev–Trinajstić information content (AvgIpc) is 2.54. The van der Waals surface area contributed by atoms with E-state index in [1.807, 2.05) is 0 Å². The zero-order valence-corrected chi connectivity index (χ0v) is 13.3. The van der Waals surface area contributed by atoms with Crippen LogP contribution in [0.25, 0.3) is 0 Å². The topological polar surface area (TPSA) is 145 Å². The van der Waals surface area contributed by atoms with Gasteiger partial charge in [-0.25, -0.2) is 14.3 Å². The van der Waals surface area contributed by atoms with Crippen molar-refractivity contribution in [2.24, 2.45) is 5.73 Å². The number of thioether (sulfide) groups is 2. The number of fused-ring (bicyclic) bond motifs is 1. The van der Waals surface area contributed by atoms with E-state index in [0.29, 0.717) is 22.1 Å². The number of amides is 1. The highest BCUT2D eigenvalue weighted by Gasteiger charge is 2.51. The van der Waals surface area contributed by atoms with Crippen LogP contribution in [0.4, 0.5) is 0 Å². The molecule has 23 heavy (non-hydrogen) atoms. The molecule has 0 saturated carbocycles. The minimum absolute atomic E-state index is 0.0138. The average molecular weight is 355 g/mol. The Morgan fingerprint density at radius 3 is 2.91 bits per heavy atom. The second-order valence-electron chi connectivity index (χ2n) is 4.94. The lowest BCUT2D eigenvalue weighted by Crippen LogP contribution is -2.68. The van der Waals surface area contributed by atoms with Crippen molar-refractivity contribution in [3.8, 4) is 0 Å². The first-order valence-electron chi connectivity index (χ1n) is 6.53. The first-order valence-corrected chi connectivity index (χ1v) is 8.56. The van der Waals surface area contributed by atoms with Crippen molar-refractivity contribution in [3.63, 3.8) is 0 Å². The quantitative estimate of drug-likeness (QED) is 0.258. The third-order valence-electron chi connectivity index (χ3n) is 3.49. The molecule has 2 aliphatic heterocycles. The highest BCUT2D eigenvalue weighted by molar-refractivity contribution is 8.01. The Hall–Kier alpha value is -1.98. The van der Waals surface area contributed by atoms with Gasteiger partial charge in [-0.05, 0) is 11.6 Å². The second-order valence-corrected chi connectivity index (χ2v) is 7.04. The van der Waals surface area contributed by atoms with Crippen molar-refractivity contribution in [3.05, 3.63) is 34.0 Å². The third kappa shape index (κ3) is 2.71. The van der Waals surface area contributed by atoms with E-state index in [1.54, 1.807) is 6.07 Å². The van der Waals surface area contributed by atoms with Gasteiger partial charge in [0.25, 0.3) is 0 Å². The van der Waals surface area contributed by atoms with Gasteiger partial charge >= 0.3 is 11.7 Å². The summed E-state index contributed by atoms with van der Waals surface area (Å²) in [5, 5.41) is 9.54. The molecule has 122 valence electrons. The van der Waals surface area contributed by atoms with Gasteiger partial charge in [-0.1, -0.05) is 0 Å². The van der Waals surface area contributed by atoms with Crippen LogP contribution in [0, 0.1) is 0 Å². The smallest absolute Gasteiger partial charge is 0.366 e. The summed E-state index contributed by atoms with van der Waals surface area (Å²) in [6.07, 6.45) is 1.38. The summed E-state index contributed by atoms with van der Waals surface area (Å²) in [6.45, 7) is 0. The molecule has 3 heterocycles. The van der Waals surface area contributed by atoms with Gasteiger partial charge in [-0.15, -0.1) is 23.5 Å². The fourth-order valence-corrected chi connectivity index (χ4v) is 4.61. The molecule has 1 amide bonds. The Kier molecular flexibility index (Phi) is 4.08. The van der Waals surface area contributed by atoms with Crippen molar-refractivity contribution in [2.75, 3.05) is 17.3 Å². The molecule has 1 aromatic rings. The van der Waals surface area contributed by atoms with E-state index >= 15 is 0 Å². The van der Waals surface area contributed by atoms with Crippen LogP contribution in [0.3, 0.4) is 0 Å². The highest BCUT2D eigenvalue weighted by atomic mass is 32.2. The first kappa shape index (κ1) is 15.9. The number of nitrogens with zero attached hydrogens (tertiary/aromatic N) is 3. The highest BCUT2D eigenvalue weighted by Crippen LogP contribution is 2.40. The fourth-order valence-electron chi connectivity index (χ4n) is 2.33. The Labute approximate surface area is 138 Å². The number of hydrogen-bond donors (Lipinski definition) is 3. The Morgan fingerprint density at radius 2 is 2.26 bits per heavy atom. The van der Waals surface area contributed by atoms with E-state index in [0.717, 1.165) is 4.68 Å². The zero-order chi connectivity index (χ0) is 16.7. The van der Waals surface area contributed by atoms with E-state index in [9.17, 15) is 19.5 Å². The van der Waals surface area contributed by atoms with Gasteiger partial charge in [0.1, 0.15) is 22.1 Å². The Balaban J connectivity index is 1.82. The molecule has 9 nitrogen and oxygen atoms in total. The molecule has 0 aromatic carbocycles. The number of carboxylic acids is 1. The van der Waals surface area contributed by atoms with Crippen LogP contribution < -0.4 is 17.3 Å². The van der Waals surface area contributed by atoms with Crippen LogP contribution in [-0.4, -0.2) is 54.5 Å². The summed E-state index contributed by atoms with van der Waals surface area (Å²) in [7, 11) is 0. The monoisotopic (exact) mass is 355 g/mol. The van der Waals surface area contributed by atoms with Gasteiger partial charge in [0, 0.05) is 17.7 Å². The molecule has 1 unspecified atom stereocenters. The molecule has 2 aliphatic rings. The molecule has 0 radical (unpaired) electrons. The summed E-state index contributed by atoms with van der Waals surface area (Å²) in [5.41, 5.74) is 5.68. The van der Waals surface area contributed by atoms with Crippen LogP contribution in [0.5, 0.6) is 0 Å². The lowest BCUT2D eigenvalue weighted by molar-refractivity contribution is -0.147. The summed E-state index contributed by atoms with van der Waals surface area (Å²) in [5.74, 6) is 4.58. The summed E-state index contributed by atoms with van der Waals surface area (Å²) in [6, 6.07) is 0.915. The SMILES string of the molecule is NC1C(=O)N2C(C(=O)O)=C(CSc3ccn(N)c(=O)n3)CS[C@H]12. The zero-order valence-electron chi connectivity index (χ0n) is 11.7.